The number of benzene rings is 3. The van der Waals surface area contributed by atoms with Gasteiger partial charge in [-0.1, -0.05) is 48.5 Å². The number of ether oxygens (including phenoxy) is 1. The predicted molar refractivity (Wildman–Crippen MR) is 97.7 cm³/mol. The van der Waals surface area contributed by atoms with Crippen LogP contribution in [0.1, 0.15) is 11.1 Å². The van der Waals surface area contributed by atoms with Gasteiger partial charge in [0.1, 0.15) is 0 Å². The number of cyclic esters (lactones) is 1. The summed E-state index contributed by atoms with van der Waals surface area (Å²) in [5, 5.41) is 12.8. The molecular formula is C20H12N2O4. The fourth-order valence-corrected chi connectivity index (χ4v) is 2.82. The first-order chi connectivity index (χ1) is 12.6. The molecule has 6 heteroatoms. The molecular weight excluding hydrogens is 332 g/mol. The van der Waals surface area contributed by atoms with Crippen molar-refractivity contribution in [1.29, 1.82) is 0 Å². The first kappa shape index (κ1) is 15.7. The summed E-state index contributed by atoms with van der Waals surface area (Å²) >= 11 is 0. The van der Waals surface area contributed by atoms with Gasteiger partial charge in [0.25, 0.3) is 5.69 Å². The average molecular weight is 344 g/mol. The molecule has 0 fully saturated rings. The Labute approximate surface area is 148 Å². The number of hydrogen-bond donors (Lipinski definition) is 0. The van der Waals surface area contributed by atoms with Crippen LogP contribution in [0.25, 0.3) is 16.8 Å². The third-order valence-electron chi connectivity index (χ3n) is 4.02. The lowest BCUT2D eigenvalue weighted by molar-refractivity contribution is -0.384. The molecule has 6 nitrogen and oxygen atoms in total. The second-order valence-electron chi connectivity index (χ2n) is 5.71. The molecule has 0 atom stereocenters. The van der Waals surface area contributed by atoms with Crippen LogP contribution < -0.4 is 0 Å². The van der Waals surface area contributed by atoms with E-state index in [-0.39, 0.29) is 17.3 Å². The van der Waals surface area contributed by atoms with E-state index in [1.807, 2.05) is 42.5 Å². The molecule has 0 aliphatic carbocycles. The first-order valence-electron chi connectivity index (χ1n) is 7.87. The number of hydrogen-bond acceptors (Lipinski definition) is 5. The molecule has 1 heterocycles. The van der Waals surface area contributed by atoms with Crippen LogP contribution in [0, 0.1) is 10.1 Å². The maximum absolute atomic E-state index is 12.2. The molecule has 0 spiro atoms. The molecule has 0 bridgehead atoms. The highest BCUT2D eigenvalue weighted by Crippen LogP contribution is 2.25. The smallest absolute Gasteiger partial charge is 0.363 e. The number of nitro groups is 1. The van der Waals surface area contributed by atoms with Gasteiger partial charge in [0.2, 0.25) is 5.90 Å². The van der Waals surface area contributed by atoms with Gasteiger partial charge in [-0.3, -0.25) is 10.1 Å². The number of non-ortho nitro benzene ring substituents is 1. The minimum absolute atomic E-state index is 0.0519. The molecule has 0 amide bonds. The molecule has 26 heavy (non-hydrogen) atoms. The van der Waals surface area contributed by atoms with Gasteiger partial charge in [0.05, 0.1) is 4.92 Å². The largest absolute Gasteiger partial charge is 0.402 e. The first-order valence-corrected chi connectivity index (χ1v) is 7.87. The Morgan fingerprint density at radius 2 is 1.77 bits per heavy atom. The van der Waals surface area contributed by atoms with E-state index < -0.39 is 10.9 Å². The van der Waals surface area contributed by atoms with Gasteiger partial charge in [-0.15, -0.1) is 0 Å². The molecule has 3 aromatic carbocycles. The molecule has 0 N–H and O–H groups in total. The fraction of sp³-hybridized carbons (Fsp3) is 0. The van der Waals surface area contributed by atoms with Crippen LogP contribution in [0.3, 0.4) is 0 Å². The van der Waals surface area contributed by atoms with Crippen LogP contribution in [0.4, 0.5) is 5.69 Å². The van der Waals surface area contributed by atoms with E-state index in [0.717, 1.165) is 16.3 Å². The fourth-order valence-electron chi connectivity index (χ4n) is 2.82. The SMILES string of the molecule is O=C1OC(c2cccc3ccccc23)=N/C1=C/c1cccc([N+](=O)[O-])c1. The van der Waals surface area contributed by atoms with Gasteiger partial charge in [0.15, 0.2) is 5.70 Å². The van der Waals surface area contributed by atoms with Crippen LogP contribution in [-0.2, 0) is 9.53 Å². The Morgan fingerprint density at radius 1 is 1.00 bits per heavy atom. The molecule has 3 aromatic rings. The summed E-state index contributed by atoms with van der Waals surface area (Å²) in [5.74, 6) is -0.358. The summed E-state index contributed by atoms with van der Waals surface area (Å²) in [4.78, 5) is 26.9. The Bertz CT molecular complexity index is 1110. The molecule has 1 aliphatic heterocycles. The number of nitro benzene ring substituents is 1. The summed E-state index contributed by atoms with van der Waals surface area (Å²) in [6.07, 6.45) is 1.48. The molecule has 4 rings (SSSR count). The van der Waals surface area contributed by atoms with Crippen molar-refractivity contribution >= 4 is 34.4 Å². The summed E-state index contributed by atoms with van der Waals surface area (Å²) in [6, 6.07) is 19.4. The van der Waals surface area contributed by atoms with Gasteiger partial charge in [-0.25, -0.2) is 9.79 Å². The van der Waals surface area contributed by atoms with Crippen molar-refractivity contribution in [3.05, 3.63) is 93.7 Å². The van der Waals surface area contributed by atoms with Crippen LogP contribution in [0.2, 0.25) is 0 Å². The maximum atomic E-state index is 12.2. The van der Waals surface area contributed by atoms with E-state index in [2.05, 4.69) is 4.99 Å². The normalized spacial score (nSPS) is 15.2. The molecule has 0 saturated heterocycles. The van der Waals surface area contributed by atoms with Gasteiger partial charge in [-0.2, -0.15) is 0 Å². The quantitative estimate of drug-likeness (QED) is 0.310. The lowest BCUT2D eigenvalue weighted by Gasteiger charge is -2.04. The van der Waals surface area contributed by atoms with E-state index in [0.29, 0.717) is 5.56 Å². The highest BCUT2D eigenvalue weighted by Gasteiger charge is 2.25. The van der Waals surface area contributed by atoms with E-state index in [1.165, 1.54) is 18.2 Å². The average Bonchev–Trinajstić information content (AvgIpc) is 3.02. The summed E-state index contributed by atoms with van der Waals surface area (Å²) in [7, 11) is 0. The summed E-state index contributed by atoms with van der Waals surface area (Å²) in [5.41, 5.74) is 1.28. The third kappa shape index (κ3) is 2.84. The number of aliphatic imine (C=N–C) groups is 1. The number of nitrogens with zero attached hydrogens (tertiary/aromatic N) is 2. The van der Waals surface area contributed by atoms with Crippen molar-refractivity contribution in [2.45, 2.75) is 0 Å². The van der Waals surface area contributed by atoms with Crippen molar-refractivity contribution in [3.8, 4) is 0 Å². The number of fused-ring (bicyclic) bond motifs is 1. The predicted octanol–water partition coefficient (Wildman–Crippen LogP) is 4.09. The van der Waals surface area contributed by atoms with Gasteiger partial charge < -0.3 is 4.74 Å². The molecule has 126 valence electrons. The number of carbonyl (C=O) groups is 1. The minimum Gasteiger partial charge on any atom is -0.402 e. The number of esters is 1. The molecule has 0 unspecified atom stereocenters. The molecule has 0 aromatic heterocycles. The van der Waals surface area contributed by atoms with Crippen molar-refractivity contribution < 1.29 is 14.5 Å². The van der Waals surface area contributed by atoms with E-state index in [9.17, 15) is 14.9 Å². The molecule has 1 aliphatic rings. The number of rotatable bonds is 3. The maximum Gasteiger partial charge on any atom is 0.363 e. The summed E-state index contributed by atoms with van der Waals surface area (Å²) in [6.45, 7) is 0. The lowest BCUT2D eigenvalue weighted by Crippen LogP contribution is -2.05. The topological polar surface area (TPSA) is 81.8 Å². The Balaban J connectivity index is 1.76. The zero-order valence-electron chi connectivity index (χ0n) is 13.5. The highest BCUT2D eigenvalue weighted by atomic mass is 16.6. The Kier molecular flexibility index (Phi) is 3.78. The van der Waals surface area contributed by atoms with Gasteiger partial charge in [-0.05, 0) is 28.5 Å². The van der Waals surface area contributed by atoms with E-state index in [1.54, 1.807) is 12.1 Å². The van der Waals surface area contributed by atoms with Crippen LogP contribution in [-0.4, -0.2) is 16.8 Å². The highest BCUT2D eigenvalue weighted by molar-refractivity contribution is 6.17. The van der Waals surface area contributed by atoms with Crippen LogP contribution in [0.15, 0.2) is 77.4 Å². The Hall–Kier alpha value is -3.80. The van der Waals surface area contributed by atoms with Crippen LogP contribution >= 0.6 is 0 Å². The minimum atomic E-state index is -0.584. The van der Waals surface area contributed by atoms with Gasteiger partial charge >= 0.3 is 5.97 Å². The third-order valence-corrected chi connectivity index (χ3v) is 4.02. The monoisotopic (exact) mass is 344 g/mol. The zero-order valence-corrected chi connectivity index (χ0v) is 13.5. The van der Waals surface area contributed by atoms with Gasteiger partial charge in [0, 0.05) is 17.7 Å². The number of carbonyl (C=O) groups excluding carboxylic acids is 1. The standard InChI is InChI=1S/C20H12N2O4/c23-20-18(12-13-5-3-8-15(11-13)22(24)25)21-19(26-20)17-10-4-7-14-6-1-2-9-16(14)17/h1-12H/b18-12+. The zero-order chi connectivity index (χ0) is 18.1. The van der Waals surface area contributed by atoms with E-state index >= 15 is 0 Å². The van der Waals surface area contributed by atoms with Crippen molar-refractivity contribution in [2.24, 2.45) is 4.99 Å². The summed E-state index contributed by atoms with van der Waals surface area (Å²) < 4.78 is 5.33. The lowest BCUT2D eigenvalue weighted by atomic mass is 10.0. The Morgan fingerprint density at radius 3 is 2.62 bits per heavy atom. The second-order valence-corrected chi connectivity index (χ2v) is 5.71. The second kappa shape index (κ2) is 6.25. The van der Waals surface area contributed by atoms with E-state index in [4.69, 9.17) is 4.74 Å². The van der Waals surface area contributed by atoms with Crippen molar-refractivity contribution in [2.75, 3.05) is 0 Å². The molecule has 0 saturated carbocycles. The molecule has 0 radical (unpaired) electrons. The van der Waals surface area contributed by atoms with Crippen molar-refractivity contribution in [3.63, 3.8) is 0 Å². The van der Waals surface area contributed by atoms with Crippen LogP contribution in [0.5, 0.6) is 0 Å². The van der Waals surface area contributed by atoms with Crippen molar-refractivity contribution in [1.82, 2.24) is 0 Å².